The molecule has 0 aliphatic heterocycles. The minimum atomic E-state index is -3.50. The van der Waals surface area contributed by atoms with Crippen LogP contribution in [0.1, 0.15) is 0 Å². The van der Waals surface area contributed by atoms with E-state index >= 15 is 0 Å². The molecule has 0 N–H and O–H groups in total. The molecule has 1 rings (SSSR count). The second-order valence-corrected chi connectivity index (χ2v) is 6.23. The molecule has 4 nitrogen and oxygen atoms in total. The first-order valence-electron chi connectivity index (χ1n) is 5.92. The SMILES string of the molecule is C=CCN(CC=C)S(=O)(=O)c1ccc(N(C)C)cc1. The van der Waals surface area contributed by atoms with Gasteiger partial charge in [-0.2, -0.15) is 4.31 Å². The van der Waals surface area contributed by atoms with Gasteiger partial charge in [0.15, 0.2) is 0 Å². The quantitative estimate of drug-likeness (QED) is 0.718. The zero-order valence-electron chi connectivity index (χ0n) is 11.4. The van der Waals surface area contributed by atoms with Gasteiger partial charge in [-0.25, -0.2) is 8.42 Å². The fraction of sp³-hybridized carbons (Fsp3) is 0.286. The molecule has 0 fully saturated rings. The Kier molecular flexibility index (Phi) is 5.32. The molecule has 0 aliphatic rings. The van der Waals surface area contributed by atoms with Crippen LogP contribution in [0.2, 0.25) is 0 Å². The van der Waals surface area contributed by atoms with Gasteiger partial charge in [0.2, 0.25) is 10.0 Å². The Hall–Kier alpha value is -1.59. The van der Waals surface area contributed by atoms with E-state index in [1.807, 2.05) is 19.0 Å². The minimum Gasteiger partial charge on any atom is -0.378 e. The van der Waals surface area contributed by atoms with Crippen LogP contribution in [0.15, 0.2) is 54.5 Å². The Morgan fingerprint density at radius 1 is 1.05 bits per heavy atom. The molecule has 0 spiro atoms. The first-order valence-corrected chi connectivity index (χ1v) is 7.36. The van der Waals surface area contributed by atoms with E-state index in [1.165, 1.54) is 4.31 Å². The highest BCUT2D eigenvalue weighted by atomic mass is 32.2. The molecule has 0 unspecified atom stereocenters. The number of rotatable bonds is 7. The van der Waals surface area contributed by atoms with Crippen molar-refractivity contribution in [3.05, 3.63) is 49.6 Å². The van der Waals surface area contributed by atoms with Gasteiger partial charge in [0.25, 0.3) is 0 Å². The molecule has 0 saturated heterocycles. The van der Waals surface area contributed by atoms with Crippen LogP contribution in [0.4, 0.5) is 5.69 Å². The highest BCUT2D eigenvalue weighted by molar-refractivity contribution is 7.89. The van der Waals surface area contributed by atoms with Crippen molar-refractivity contribution in [3.63, 3.8) is 0 Å². The lowest BCUT2D eigenvalue weighted by molar-refractivity contribution is 0.474. The van der Waals surface area contributed by atoms with Gasteiger partial charge < -0.3 is 4.90 Å². The molecule has 0 aliphatic carbocycles. The summed E-state index contributed by atoms with van der Waals surface area (Å²) in [5.41, 5.74) is 0.956. The number of benzene rings is 1. The molecule has 1 aromatic rings. The molecule has 104 valence electrons. The summed E-state index contributed by atoms with van der Waals surface area (Å²) < 4.78 is 26.2. The maximum absolute atomic E-state index is 12.4. The summed E-state index contributed by atoms with van der Waals surface area (Å²) in [4.78, 5) is 2.20. The van der Waals surface area contributed by atoms with Gasteiger partial charge in [0.1, 0.15) is 0 Å². The number of anilines is 1. The van der Waals surface area contributed by atoms with E-state index in [4.69, 9.17) is 0 Å². The smallest absolute Gasteiger partial charge is 0.243 e. The molecule has 0 bridgehead atoms. The summed E-state index contributed by atoms with van der Waals surface area (Å²) in [6, 6.07) is 6.80. The third-order valence-corrected chi connectivity index (χ3v) is 4.50. The zero-order valence-corrected chi connectivity index (χ0v) is 12.2. The summed E-state index contributed by atoms with van der Waals surface area (Å²) in [7, 11) is 0.320. The predicted molar refractivity (Wildman–Crippen MR) is 79.9 cm³/mol. The van der Waals surface area contributed by atoms with Crippen molar-refractivity contribution in [1.29, 1.82) is 0 Å². The largest absolute Gasteiger partial charge is 0.378 e. The monoisotopic (exact) mass is 280 g/mol. The van der Waals surface area contributed by atoms with E-state index < -0.39 is 10.0 Å². The summed E-state index contributed by atoms with van der Waals surface area (Å²) in [6.07, 6.45) is 3.13. The van der Waals surface area contributed by atoms with Gasteiger partial charge in [-0.05, 0) is 24.3 Å². The standard InChI is InChI=1S/C14H20N2O2S/c1-5-11-16(12-6-2)19(17,18)14-9-7-13(8-10-14)15(3)4/h5-10H,1-2,11-12H2,3-4H3. The number of sulfonamides is 1. The third-order valence-electron chi connectivity index (χ3n) is 2.66. The van der Waals surface area contributed by atoms with E-state index in [-0.39, 0.29) is 18.0 Å². The maximum atomic E-state index is 12.4. The normalized spacial score (nSPS) is 11.3. The number of hydrogen-bond donors (Lipinski definition) is 0. The Morgan fingerprint density at radius 3 is 1.89 bits per heavy atom. The topological polar surface area (TPSA) is 40.6 Å². The van der Waals surface area contributed by atoms with Crippen LogP contribution in [0.5, 0.6) is 0 Å². The van der Waals surface area contributed by atoms with Gasteiger partial charge in [-0.3, -0.25) is 0 Å². The molecule has 0 heterocycles. The van der Waals surface area contributed by atoms with Crippen LogP contribution >= 0.6 is 0 Å². The van der Waals surface area contributed by atoms with E-state index in [0.717, 1.165) is 5.69 Å². The Bertz CT molecular complexity index is 523. The Labute approximate surface area is 115 Å². The van der Waals surface area contributed by atoms with Crippen molar-refractivity contribution in [1.82, 2.24) is 4.31 Å². The Morgan fingerprint density at radius 2 is 1.53 bits per heavy atom. The summed E-state index contributed by atoms with van der Waals surface area (Å²) >= 11 is 0. The lowest BCUT2D eigenvalue weighted by Gasteiger charge is -2.19. The molecule has 0 atom stereocenters. The molecule has 19 heavy (non-hydrogen) atoms. The molecular formula is C14H20N2O2S. The Balaban J connectivity index is 3.10. The lowest BCUT2D eigenvalue weighted by atomic mass is 10.3. The average molecular weight is 280 g/mol. The third kappa shape index (κ3) is 3.68. The zero-order chi connectivity index (χ0) is 14.5. The molecule has 0 radical (unpaired) electrons. The van der Waals surface area contributed by atoms with E-state index in [2.05, 4.69) is 13.2 Å². The van der Waals surface area contributed by atoms with Crippen LogP contribution < -0.4 is 4.90 Å². The van der Waals surface area contributed by atoms with Crippen LogP contribution in [-0.4, -0.2) is 39.9 Å². The summed E-state index contributed by atoms with van der Waals surface area (Å²) in [5, 5.41) is 0. The summed E-state index contributed by atoms with van der Waals surface area (Å²) in [5.74, 6) is 0. The van der Waals surface area contributed by atoms with Crippen molar-refractivity contribution in [2.24, 2.45) is 0 Å². The molecular weight excluding hydrogens is 260 g/mol. The van der Waals surface area contributed by atoms with Gasteiger partial charge in [-0.1, -0.05) is 12.2 Å². The average Bonchev–Trinajstić information content (AvgIpc) is 2.38. The molecule has 0 amide bonds. The number of hydrogen-bond acceptors (Lipinski definition) is 3. The van der Waals surface area contributed by atoms with Crippen molar-refractivity contribution < 1.29 is 8.42 Å². The van der Waals surface area contributed by atoms with Crippen LogP contribution in [-0.2, 0) is 10.0 Å². The van der Waals surface area contributed by atoms with E-state index in [1.54, 1.807) is 36.4 Å². The molecule has 5 heteroatoms. The molecule has 0 aromatic heterocycles. The fourth-order valence-electron chi connectivity index (χ4n) is 1.62. The van der Waals surface area contributed by atoms with E-state index in [0.29, 0.717) is 0 Å². The highest BCUT2D eigenvalue weighted by Crippen LogP contribution is 2.19. The number of nitrogens with zero attached hydrogens (tertiary/aromatic N) is 2. The van der Waals surface area contributed by atoms with Gasteiger partial charge in [-0.15, -0.1) is 13.2 Å². The van der Waals surface area contributed by atoms with E-state index in [9.17, 15) is 8.42 Å². The van der Waals surface area contributed by atoms with Crippen molar-refractivity contribution in [2.45, 2.75) is 4.90 Å². The van der Waals surface area contributed by atoms with Crippen molar-refractivity contribution >= 4 is 15.7 Å². The van der Waals surface area contributed by atoms with Crippen LogP contribution in [0, 0.1) is 0 Å². The van der Waals surface area contributed by atoms with Crippen LogP contribution in [0.25, 0.3) is 0 Å². The maximum Gasteiger partial charge on any atom is 0.243 e. The first-order chi connectivity index (χ1) is 8.93. The fourth-order valence-corrected chi connectivity index (χ4v) is 3.01. The first kappa shape index (κ1) is 15.5. The van der Waals surface area contributed by atoms with Gasteiger partial charge in [0.05, 0.1) is 4.90 Å². The van der Waals surface area contributed by atoms with Gasteiger partial charge >= 0.3 is 0 Å². The minimum absolute atomic E-state index is 0.268. The van der Waals surface area contributed by atoms with Crippen LogP contribution in [0.3, 0.4) is 0 Å². The predicted octanol–water partition coefficient (Wildman–Crippen LogP) is 2.12. The molecule has 0 saturated carbocycles. The second kappa shape index (κ2) is 6.54. The van der Waals surface area contributed by atoms with Gasteiger partial charge in [0, 0.05) is 32.9 Å². The molecule has 1 aromatic carbocycles. The highest BCUT2D eigenvalue weighted by Gasteiger charge is 2.22. The second-order valence-electron chi connectivity index (χ2n) is 4.29. The summed E-state index contributed by atoms with van der Waals surface area (Å²) in [6.45, 7) is 7.70. The van der Waals surface area contributed by atoms with Crippen molar-refractivity contribution in [3.8, 4) is 0 Å². The van der Waals surface area contributed by atoms with Crippen molar-refractivity contribution in [2.75, 3.05) is 32.1 Å². The lowest BCUT2D eigenvalue weighted by Crippen LogP contribution is -2.31.